The van der Waals surface area contributed by atoms with Gasteiger partial charge in [-0.15, -0.1) is 0 Å². The highest BCUT2D eigenvalue weighted by Crippen LogP contribution is 2.35. The fourth-order valence-corrected chi connectivity index (χ4v) is 2.15. The van der Waals surface area contributed by atoms with Gasteiger partial charge in [-0.1, -0.05) is 6.07 Å². The number of halogens is 2. The molecule has 3 nitrogen and oxygen atoms in total. The summed E-state index contributed by atoms with van der Waals surface area (Å²) < 4.78 is 31.2. The quantitative estimate of drug-likeness (QED) is 0.612. The molecule has 0 spiro atoms. The van der Waals surface area contributed by atoms with Crippen molar-refractivity contribution in [2.24, 2.45) is 5.41 Å². The van der Waals surface area contributed by atoms with Crippen LogP contribution in [0.2, 0.25) is 0 Å². The lowest BCUT2D eigenvalue weighted by molar-refractivity contribution is -0.150. The van der Waals surface area contributed by atoms with Crippen LogP contribution >= 0.6 is 0 Å². The number of esters is 1. The molecule has 5 heteroatoms. The molecule has 1 fully saturated rings. The van der Waals surface area contributed by atoms with E-state index >= 15 is 0 Å². The van der Waals surface area contributed by atoms with Gasteiger partial charge < -0.3 is 4.74 Å². The molecule has 1 aliphatic heterocycles. The Kier molecular flexibility index (Phi) is 3.15. The fourth-order valence-electron chi connectivity index (χ4n) is 2.15. The first kappa shape index (κ1) is 12.7. The van der Waals surface area contributed by atoms with E-state index in [2.05, 4.69) is 0 Å². The summed E-state index contributed by atoms with van der Waals surface area (Å²) in [6.45, 7) is 1.44. The topological polar surface area (TPSA) is 43.4 Å². The van der Waals surface area contributed by atoms with Crippen LogP contribution in [0.4, 0.5) is 8.78 Å². The van der Waals surface area contributed by atoms with Crippen LogP contribution in [0.25, 0.3) is 0 Å². The van der Waals surface area contributed by atoms with Gasteiger partial charge in [0.2, 0.25) is 0 Å². The second kappa shape index (κ2) is 4.48. The predicted octanol–water partition coefficient (Wildman–Crippen LogP) is 2.03. The molecule has 1 aliphatic rings. The first-order valence-corrected chi connectivity index (χ1v) is 5.58. The van der Waals surface area contributed by atoms with Gasteiger partial charge in [-0.3, -0.25) is 9.59 Å². The van der Waals surface area contributed by atoms with E-state index in [0.717, 1.165) is 12.1 Å². The summed E-state index contributed by atoms with van der Waals surface area (Å²) in [5.41, 5.74) is -1.18. The molecule has 0 radical (unpaired) electrons. The van der Waals surface area contributed by atoms with Crippen molar-refractivity contribution < 1.29 is 23.1 Å². The van der Waals surface area contributed by atoms with Gasteiger partial charge in [0, 0.05) is 12.5 Å². The molecule has 96 valence electrons. The molecule has 0 saturated carbocycles. The lowest BCUT2D eigenvalue weighted by Crippen LogP contribution is -2.36. The van der Waals surface area contributed by atoms with Gasteiger partial charge in [0.05, 0.1) is 6.61 Å². The third kappa shape index (κ3) is 2.00. The molecule has 1 unspecified atom stereocenters. The Morgan fingerprint density at radius 2 is 2.17 bits per heavy atom. The number of ether oxygens (including phenoxy) is 1. The van der Waals surface area contributed by atoms with E-state index in [-0.39, 0.29) is 30.8 Å². The first-order valence-electron chi connectivity index (χ1n) is 5.58. The second-order valence-electron chi connectivity index (χ2n) is 4.44. The minimum atomic E-state index is -1.32. The molecule has 1 saturated heterocycles. The summed E-state index contributed by atoms with van der Waals surface area (Å²) in [6.07, 6.45) is 0.144. The third-order valence-electron chi connectivity index (χ3n) is 3.33. The van der Waals surface area contributed by atoms with E-state index in [1.54, 1.807) is 0 Å². The molecule has 2 rings (SSSR count). The molecule has 1 heterocycles. The van der Waals surface area contributed by atoms with Crippen LogP contribution < -0.4 is 0 Å². The molecule has 0 aliphatic carbocycles. The highest BCUT2D eigenvalue weighted by atomic mass is 19.1. The van der Waals surface area contributed by atoms with E-state index in [4.69, 9.17) is 4.74 Å². The Balaban J connectivity index is 2.36. The second-order valence-corrected chi connectivity index (χ2v) is 4.44. The van der Waals surface area contributed by atoms with Gasteiger partial charge >= 0.3 is 5.97 Å². The van der Waals surface area contributed by atoms with Crippen LogP contribution in [0, 0.1) is 17.0 Å². The number of carbonyl (C=O) groups excluding carboxylic acids is 2. The van der Waals surface area contributed by atoms with Crippen LogP contribution in [0.1, 0.15) is 18.9 Å². The van der Waals surface area contributed by atoms with E-state index in [1.165, 1.54) is 13.0 Å². The van der Waals surface area contributed by atoms with Crippen LogP contribution in [0.15, 0.2) is 18.2 Å². The van der Waals surface area contributed by atoms with Crippen molar-refractivity contribution in [2.75, 3.05) is 6.61 Å². The number of cyclic esters (lactones) is 1. The summed E-state index contributed by atoms with van der Waals surface area (Å²) in [5.74, 6) is -2.43. The number of ketones is 1. The normalized spacial score (nSPS) is 22.9. The molecule has 0 aromatic heterocycles. The zero-order valence-corrected chi connectivity index (χ0v) is 9.83. The highest BCUT2D eigenvalue weighted by molar-refractivity contribution is 6.04. The summed E-state index contributed by atoms with van der Waals surface area (Å²) in [6, 6.07) is 3.09. The summed E-state index contributed by atoms with van der Waals surface area (Å²) in [4.78, 5) is 23.3. The van der Waals surface area contributed by atoms with E-state index in [9.17, 15) is 18.4 Å². The summed E-state index contributed by atoms with van der Waals surface area (Å²) >= 11 is 0. The number of hydrogen-bond acceptors (Lipinski definition) is 3. The Morgan fingerprint density at radius 1 is 1.44 bits per heavy atom. The molecule has 0 amide bonds. The van der Waals surface area contributed by atoms with Crippen molar-refractivity contribution in [2.45, 2.75) is 19.8 Å². The average Bonchev–Trinajstić information content (AvgIpc) is 2.65. The molecule has 0 bridgehead atoms. The van der Waals surface area contributed by atoms with Crippen LogP contribution in [0.5, 0.6) is 0 Å². The van der Waals surface area contributed by atoms with E-state index in [0.29, 0.717) is 0 Å². The van der Waals surface area contributed by atoms with Crippen LogP contribution in [-0.4, -0.2) is 18.4 Å². The lowest BCUT2D eigenvalue weighted by Gasteiger charge is -2.21. The smallest absolute Gasteiger partial charge is 0.320 e. The average molecular weight is 254 g/mol. The molecule has 1 aromatic rings. The minimum absolute atomic E-state index is 0.0900. The standard InChI is InChI=1S/C13H12F2O3/c1-8(16)13(4-5-18-12(13)17)7-9-2-3-10(14)6-11(9)15/h2-3,6H,4-5,7H2,1H3. The summed E-state index contributed by atoms with van der Waals surface area (Å²) in [5, 5.41) is 0. The first-order chi connectivity index (χ1) is 8.45. The number of hydrogen-bond donors (Lipinski definition) is 0. The van der Waals surface area contributed by atoms with Crippen molar-refractivity contribution in [3.8, 4) is 0 Å². The van der Waals surface area contributed by atoms with Crippen molar-refractivity contribution in [1.82, 2.24) is 0 Å². The van der Waals surface area contributed by atoms with Gasteiger partial charge in [-0.2, -0.15) is 0 Å². The van der Waals surface area contributed by atoms with E-state index < -0.39 is 23.0 Å². The molecular weight excluding hydrogens is 242 g/mol. The van der Waals surface area contributed by atoms with Crippen LogP contribution in [-0.2, 0) is 20.7 Å². The largest absolute Gasteiger partial charge is 0.465 e. The monoisotopic (exact) mass is 254 g/mol. The van der Waals surface area contributed by atoms with Gasteiger partial charge in [0.25, 0.3) is 0 Å². The molecule has 1 atom stereocenters. The van der Waals surface area contributed by atoms with Gasteiger partial charge in [-0.05, 0) is 25.0 Å². The minimum Gasteiger partial charge on any atom is -0.465 e. The van der Waals surface area contributed by atoms with Crippen molar-refractivity contribution in [3.05, 3.63) is 35.4 Å². The maximum Gasteiger partial charge on any atom is 0.320 e. The lowest BCUT2D eigenvalue weighted by atomic mass is 9.77. The third-order valence-corrected chi connectivity index (χ3v) is 3.33. The predicted molar refractivity (Wildman–Crippen MR) is 58.8 cm³/mol. The Hall–Kier alpha value is -1.78. The SMILES string of the molecule is CC(=O)C1(Cc2ccc(F)cc2F)CCOC1=O. The summed E-state index contributed by atoms with van der Waals surface area (Å²) in [7, 11) is 0. The maximum absolute atomic E-state index is 13.6. The molecular formula is C13H12F2O3. The van der Waals surface area contributed by atoms with Crippen LogP contribution in [0.3, 0.4) is 0 Å². The number of rotatable bonds is 3. The van der Waals surface area contributed by atoms with Gasteiger partial charge in [-0.25, -0.2) is 8.78 Å². The maximum atomic E-state index is 13.6. The molecule has 1 aromatic carbocycles. The number of carbonyl (C=O) groups is 2. The number of Topliss-reactive ketones (excluding diaryl/α,β-unsaturated/α-hetero) is 1. The van der Waals surface area contributed by atoms with Gasteiger partial charge in [0.1, 0.15) is 22.8 Å². The highest BCUT2D eigenvalue weighted by Gasteiger charge is 2.49. The van der Waals surface area contributed by atoms with Crippen molar-refractivity contribution in [1.29, 1.82) is 0 Å². The zero-order valence-electron chi connectivity index (χ0n) is 9.83. The van der Waals surface area contributed by atoms with Gasteiger partial charge in [0.15, 0.2) is 0 Å². The van der Waals surface area contributed by atoms with E-state index in [1.807, 2.05) is 0 Å². The molecule has 18 heavy (non-hydrogen) atoms. The van der Waals surface area contributed by atoms with Crippen molar-refractivity contribution in [3.63, 3.8) is 0 Å². The molecule has 0 N–H and O–H groups in total. The zero-order chi connectivity index (χ0) is 13.3. The number of benzene rings is 1. The Labute approximate surface area is 103 Å². The van der Waals surface area contributed by atoms with Crippen molar-refractivity contribution >= 4 is 11.8 Å². The Bertz CT molecular complexity index is 513. The Morgan fingerprint density at radius 3 is 2.67 bits per heavy atom. The fraction of sp³-hybridized carbons (Fsp3) is 0.385.